The van der Waals surface area contributed by atoms with Gasteiger partial charge in [0.2, 0.25) is 0 Å². The van der Waals surface area contributed by atoms with Crippen molar-refractivity contribution in [2.75, 3.05) is 0 Å². The van der Waals surface area contributed by atoms with Crippen molar-refractivity contribution in [2.24, 2.45) is 0 Å². The minimum absolute atomic E-state index is 0.0206. The van der Waals surface area contributed by atoms with Gasteiger partial charge in [-0.25, -0.2) is 0 Å². The molecule has 0 radical (unpaired) electrons. The first kappa shape index (κ1) is 17.2. The molecule has 0 amide bonds. The van der Waals surface area contributed by atoms with Gasteiger partial charge in [-0.2, -0.15) is 0 Å². The molecule has 1 atom stereocenters. The van der Waals surface area contributed by atoms with E-state index < -0.39 is 0 Å². The largest absolute Gasteiger partial charge is 0.426 e. The summed E-state index contributed by atoms with van der Waals surface area (Å²) in [7, 11) is 0. The molecule has 2 aliphatic heterocycles. The molecule has 0 N–H and O–H groups in total. The standard InChI is InChI=1S/C13H16O2.C8H6O2/c1-2-3-4-8-11-10-7-5-6-9-12(10)15-13(11)14;9-8-5-6-3-1-2-4-7(6)10-8/h5-7,9,11H,2-4,8H2,1H3;1-4H,5H2. The predicted octanol–water partition coefficient (Wildman–Crippen LogP) is 4.42. The molecule has 0 aromatic heterocycles. The van der Waals surface area contributed by atoms with Gasteiger partial charge in [0.1, 0.15) is 11.5 Å². The second-order valence-corrected chi connectivity index (χ2v) is 6.27. The summed E-state index contributed by atoms with van der Waals surface area (Å²) in [6.45, 7) is 2.17. The third kappa shape index (κ3) is 4.08. The normalized spacial score (nSPS) is 17.1. The lowest BCUT2D eigenvalue weighted by molar-refractivity contribution is -0.134. The number of carbonyl (C=O) groups is 2. The molecule has 2 aromatic rings. The molecule has 0 saturated carbocycles. The van der Waals surface area contributed by atoms with Gasteiger partial charge in [0, 0.05) is 11.1 Å². The minimum atomic E-state index is -0.152. The average Bonchev–Trinajstić information content (AvgIpc) is 3.14. The highest BCUT2D eigenvalue weighted by Crippen LogP contribution is 2.37. The number of unbranched alkanes of at least 4 members (excludes halogenated alkanes) is 2. The van der Waals surface area contributed by atoms with Gasteiger partial charge < -0.3 is 9.47 Å². The fourth-order valence-corrected chi connectivity index (χ4v) is 3.10. The number of esters is 2. The number of ether oxygens (including phenoxy) is 2. The van der Waals surface area contributed by atoms with Crippen LogP contribution in [0.2, 0.25) is 0 Å². The number of carbonyl (C=O) groups excluding carboxylic acids is 2. The molecule has 0 fully saturated rings. The number of rotatable bonds is 4. The maximum absolute atomic E-state index is 11.6. The zero-order chi connectivity index (χ0) is 17.6. The Balaban J connectivity index is 0.000000157. The molecule has 0 aliphatic carbocycles. The van der Waals surface area contributed by atoms with E-state index in [0.717, 1.165) is 29.7 Å². The van der Waals surface area contributed by atoms with E-state index in [1.807, 2.05) is 42.5 Å². The quantitative estimate of drug-likeness (QED) is 0.470. The molecule has 2 heterocycles. The van der Waals surface area contributed by atoms with Gasteiger partial charge in [-0.15, -0.1) is 0 Å². The highest BCUT2D eigenvalue weighted by Gasteiger charge is 2.31. The zero-order valence-corrected chi connectivity index (χ0v) is 14.4. The Morgan fingerprint density at radius 2 is 1.64 bits per heavy atom. The third-order valence-electron chi connectivity index (χ3n) is 4.42. The Morgan fingerprint density at radius 1 is 0.920 bits per heavy atom. The Morgan fingerprint density at radius 3 is 2.40 bits per heavy atom. The molecular formula is C21H22O4. The smallest absolute Gasteiger partial charge is 0.318 e. The van der Waals surface area contributed by atoms with Crippen LogP contribution in [0, 0.1) is 0 Å². The number of hydrogen-bond acceptors (Lipinski definition) is 4. The Kier molecular flexibility index (Phi) is 5.49. The maximum atomic E-state index is 11.6. The molecule has 0 spiro atoms. The van der Waals surface area contributed by atoms with Crippen LogP contribution in [-0.4, -0.2) is 11.9 Å². The molecule has 4 nitrogen and oxygen atoms in total. The highest BCUT2D eigenvalue weighted by atomic mass is 16.5. The highest BCUT2D eigenvalue weighted by molar-refractivity contribution is 5.85. The van der Waals surface area contributed by atoms with E-state index in [1.165, 1.54) is 12.8 Å². The van der Waals surface area contributed by atoms with Gasteiger partial charge in [-0.05, 0) is 18.6 Å². The first-order valence-corrected chi connectivity index (χ1v) is 8.78. The van der Waals surface area contributed by atoms with Crippen molar-refractivity contribution in [2.45, 2.75) is 44.9 Å². The Hall–Kier alpha value is -2.62. The van der Waals surface area contributed by atoms with Crippen molar-refractivity contribution in [3.8, 4) is 11.5 Å². The van der Waals surface area contributed by atoms with Crippen molar-refractivity contribution in [3.63, 3.8) is 0 Å². The third-order valence-corrected chi connectivity index (χ3v) is 4.42. The lowest BCUT2D eigenvalue weighted by Gasteiger charge is -2.05. The molecule has 4 rings (SSSR count). The number of fused-ring (bicyclic) bond motifs is 2. The summed E-state index contributed by atoms with van der Waals surface area (Å²) in [6, 6.07) is 15.2. The maximum Gasteiger partial charge on any atom is 0.318 e. The van der Waals surface area contributed by atoms with Gasteiger partial charge in [0.25, 0.3) is 0 Å². The van der Waals surface area contributed by atoms with E-state index in [4.69, 9.17) is 9.47 Å². The predicted molar refractivity (Wildman–Crippen MR) is 94.7 cm³/mol. The van der Waals surface area contributed by atoms with Gasteiger partial charge in [-0.1, -0.05) is 62.6 Å². The van der Waals surface area contributed by atoms with Crippen molar-refractivity contribution < 1.29 is 19.1 Å². The molecule has 25 heavy (non-hydrogen) atoms. The SMILES string of the molecule is CCCCCC1C(=O)Oc2ccccc21.O=C1Cc2ccccc2O1. The molecule has 2 aromatic carbocycles. The summed E-state index contributed by atoms with van der Waals surface area (Å²) >= 11 is 0. The summed E-state index contributed by atoms with van der Waals surface area (Å²) in [5, 5.41) is 0. The molecule has 1 unspecified atom stereocenters. The van der Waals surface area contributed by atoms with Crippen LogP contribution in [0.3, 0.4) is 0 Å². The fraction of sp³-hybridized carbons (Fsp3) is 0.333. The molecule has 0 saturated heterocycles. The zero-order valence-electron chi connectivity index (χ0n) is 14.4. The topological polar surface area (TPSA) is 52.6 Å². The van der Waals surface area contributed by atoms with Crippen LogP contribution in [0.25, 0.3) is 0 Å². The summed E-state index contributed by atoms with van der Waals surface area (Å²) in [6.07, 6.45) is 4.82. The molecule has 0 bridgehead atoms. The van der Waals surface area contributed by atoms with Crippen molar-refractivity contribution in [3.05, 3.63) is 59.7 Å². The van der Waals surface area contributed by atoms with Crippen LogP contribution < -0.4 is 9.47 Å². The van der Waals surface area contributed by atoms with Crippen LogP contribution in [0.4, 0.5) is 0 Å². The first-order valence-electron chi connectivity index (χ1n) is 8.78. The van der Waals surface area contributed by atoms with Gasteiger partial charge >= 0.3 is 11.9 Å². The molecule has 2 aliphatic rings. The van der Waals surface area contributed by atoms with Gasteiger partial charge in [0.05, 0.1) is 12.3 Å². The van der Waals surface area contributed by atoms with Crippen LogP contribution in [0.15, 0.2) is 48.5 Å². The molecular weight excluding hydrogens is 316 g/mol. The van der Waals surface area contributed by atoms with Gasteiger partial charge in [-0.3, -0.25) is 9.59 Å². The van der Waals surface area contributed by atoms with E-state index in [1.54, 1.807) is 6.07 Å². The fourth-order valence-electron chi connectivity index (χ4n) is 3.10. The van der Waals surface area contributed by atoms with Crippen LogP contribution in [0.1, 0.15) is 49.7 Å². The van der Waals surface area contributed by atoms with E-state index in [2.05, 4.69) is 6.92 Å². The monoisotopic (exact) mass is 338 g/mol. The lowest BCUT2D eigenvalue weighted by atomic mass is 9.95. The number of benzene rings is 2. The van der Waals surface area contributed by atoms with E-state index in [9.17, 15) is 9.59 Å². The second kappa shape index (κ2) is 7.97. The Bertz CT molecular complexity index is 739. The minimum Gasteiger partial charge on any atom is -0.426 e. The molecule has 4 heteroatoms. The van der Waals surface area contributed by atoms with Crippen molar-refractivity contribution in [1.82, 2.24) is 0 Å². The average molecular weight is 338 g/mol. The summed E-state index contributed by atoms with van der Waals surface area (Å²) < 4.78 is 10.1. The second-order valence-electron chi connectivity index (χ2n) is 6.27. The van der Waals surface area contributed by atoms with Gasteiger partial charge in [0.15, 0.2) is 0 Å². The lowest BCUT2D eigenvalue weighted by Crippen LogP contribution is -2.09. The van der Waals surface area contributed by atoms with E-state index >= 15 is 0 Å². The van der Waals surface area contributed by atoms with E-state index in [-0.39, 0.29) is 17.9 Å². The van der Waals surface area contributed by atoms with Crippen molar-refractivity contribution in [1.29, 1.82) is 0 Å². The number of hydrogen-bond donors (Lipinski definition) is 0. The Labute approximate surface area is 147 Å². The number of para-hydroxylation sites is 2. The van der Waals surface area contributed by atoms with Crippen LogP contribution in [0.5, 0.6) is 11.5 Å². The summed E-state index contributed by atoms with van der Waals surface area (Å²) in [4.78, 5) is 22.3. The summed E-state index contributed by atoms with van der Waals surface area (Å²) in [5.41, 5.74) is 2.06. The van der Waals surface area contributed by atoms with E-state index in [0.29, 0.717) is 12.2 Å². The van der Waals surface area contributed by atoms with Crippen LogP contribution in [-0.2, 0) is 16.0 Å². The first-order chi connectivity index (χ1) is 12.2. The van der Waals surface area contributed by atoms with Crippen LogP contribution >= 0.6 is 0 Å². The molecule has 130 valence electrons. The summed E-state index contributed by atoms with van der Waals surface area (Å²) in [5.74, 6) is 1.22. The van der Waals surface area contributed by atoms with Crippen molar-refractivity contribution >= 4 is 11.9 Å².